The van der Waals surface area contributed by atoms with E-state index in [1.165, 1.54) is 6.07 Å². The summed E-state index contributed by atoms with van der Waals surface area (Å²) in [6, 6.07) is 12.5. The van der Waals surface area contributed by atoms with Crippen molar-refractivity contribution in [2.24, 2.45) is 0 Å². The second kappa shape index (κ2) is 5.62. The van der Waals surface area contributed by atoms with Crippen molar-refractivity contribution in [1.29, 1.82) is 0 Å². The molecular weight excluding hydrogens is 313 g/mol. The minimum Gasteiger partial charge on any atom is -0.289 e. The second-order valence-corrected chi connectivity index (χ2v) is 6.73. The molecule has 0 heterocycles. The molecule has 1 aliphatic rings. The Bertz CT molecular complexity index is 829. The molecule has 0 radical (unpaired) electrons. The van der Waals surface area contributed by atoms with Gasteiger partial charge in [-0.15, -0.1) is 0 Å². The molecule has 1 aliphatic carbocycles. The van der Waals surface area contributed by atoms with Gasteiger partial charge in [0.05, 0.1) is 5.56 Å². The number of alkyl halides is 3. The van der Waals surface area contributed by atoms with Crippen LogP contribution in [0.2, 0.25) is 0 Å². The Morgan fingerprint density at radius 2 is 1.75 bits per heavy atom. The third-order valence-electron chi connectivity index (χ3n) is 4.38. The highest BCUT2D eigenvalue weighted by Gasteiger charge is 2.35. The SMILES string of the molecule is CC1(C)CC(=Cc2cccc(C(F)(F)F)c2)C(=O)c2ccccc21. The summed E-state index contributed by atoms with van der Waals surface area (Å²) in [5, 5.41) is 0. The monoisotopic (exact) mass is 330 g/mol. The Balaban J connectivity index is 2.05. The molecule has 0 atom stereocenters. The molecule has 0 aliphatic heterocycles. The fourth-order valence-corrected chi connectivity index (χ4v) is 3.22. The van der Waals surface area contributed by atoms with Crippen molar-refractivity contribution in [2.75, 3.05) is 0 Å². The Kier molecular flexibility index (Phi) is 3.86. The molecule has 2 aromatic rings. The van der Waals surface area contributed by atoms with Crippen LogP contribution in [0.3, 0.4) is 0 Å². The van der Waals surface area contributed by atoms with Gasteiger partial charge in [-0.25, -0.2) is 0 Å². The van der Waals surface area contributed by atoms with E-state index < -0.39 is 11.7 Å². The molecule has 0 saturated carbocycles. The maximum absolute atomic E-state index is 12.9. The minimum absolute atomic E-state index is 0.109. The first-order valence-electron chi connectivity index (χ1n) is 7.70. The molecule has 1 nitrogen and oxygen atoms in total. The lowest BCUT2D eigenvalue weighted by Crippen LogP contribution is -2.29. The average Bonchev–Trinajstić information content (AvgIpc) is 2.52. The molecule has 4 heteroatoms. The van der Waals surface area contributed by atoms with Crippen molar-refractivity contribution >= 4 is 11.9 Å². The third-order valence-corrected chi connectivity index (χ3v) is 4.38. The lowest BCUT2D eigenvalue weighted by atomic mass is 9.70. The number of allylic oxidation sites excluding steroid dienone is 1. The van der Waals surface area contributed by atoms with Crippen LogP contribution in [-0.2, 0) is 11.6 Å². The number of halogens is 3. The Labute approximate surface area is 138 Å². The quantitative estimate of drug-likeness (QED) is 0.617. The van der Waals surface area contributed by atoms with Crippen LogP contribution in [0, 0.1) is 0 Å². The maximum Gasteiger partial charge on any atom is 0.416 e. The van der Waals surface area contributed by atoms with Crippen LogP contribution in [0.4, 0.5) is 13.2 Å². The molecule has 0 aromatic heterocycles. The maximum atomic E-state index is 12.9. The van der Waals surface area contributed by atoms with E-state index in [2.05, 4.69) is 0 Å². The smallest absolute Gasteiger partial charge is 0.289 e. The molecule has 3 rings (SSSR count). The van der Waals surface area contributed by atoms with Crippen molar-refractivity contribution in [2.45, 2.75) is 31.9 Å². The van der Waals surface area contributed by atoms with Gasteiger partial charge in [-0.05, 0) is 41.2 Å². The summed E-state index contributed by atoms with van der Waals surface area (Å²) in [5.41, 5.74) is 1.60. The number of hydrogen-bond donors (Lipinski definition) is 0. The van der Waals surface area contributed by atoms with Crippen molar-refractivity contribution in [3.05, 3.63) is 76.4 Å². The fourth-order valence-electron chi connectivity index (χ4n) is 3.22. The summed E-state index contributed by atoms with van der Waals surface area (Å²) in [6.45, 7) is 4.08. The molecule has 0 N–H and O–H groups in total. The van der Waals surface area contributed by atoms with Gasteiger partial charge in [0, 0.05) is 11.1 Å². The van der Waals surface area contributed by atoms with Gasteiger partial charge >= 0.3 is 6.18 Å². The normalized spacial score (nSPS) is 18.5. The lowest BCUT2D eigenvalue weighted by Gasteiger charge is -2.33. The minimum atomic E-state index is -4.39. The van der Waals surface area contributed by atoms with Crippen LogP contribution < -0.4 is 0 Å². The Morgan fingerprint density at radius 3 is 2.46 bits per heavy atom. The van der Waals surface area contributed by atoms with Gasteiger partial charge in [0.15, 0.2) is 5.78 Å². The summed E-state index contributed by atoms with van der Waals surface area (Å²) in [6.07, 6.45) is -2.31. The zero-order valence-corrected chi connectivity index (χ0v) is 13.4. The van der Waals surface area contributed by atoms with E-state index in [0.717, 1.165) is 17.7 Å². The van der Waals surface area contributed by atoms with Crippen LogP contribution in [0.15, 0.2) is 54.1 Å². The van der Waals surface area contributed by atoms with Crippen LogP contribution in [0.5, 0.6) is 0 Å². The van der Waals surface area contributed by atoms with E-state index in [0.29, 0.717) is 23.1 Å². The van der Waals surface area contributed by atoms with Gasteiger partial charge in [0.25, 0.3) is 0 Å². The van der Waals surface area contributed by atoms with Gasteiger partial charge in [-0.2, -0.15) is 13.2 Å². The van der Waals surface area contributed by atoms with Crippen molar-refractivity contribution in [3.63, 3.8) is 0 Å². The zero-order valence-electron chi connectivity index (χ0n) is 13.4. The summed E-state index contributed by atoms with van der Waals surface area (Å²) in [4.78, 5) is 12.7. The molecule has 0 saturated heterocycles. The average molecular weight is 330 g/mol. The van der Waals surface area contributed by atoms with E-state index in [1.54, 1.807) is 24.3 Å². The highest BCUT2D eigenvalue weighted by molar-refractivity contribution is 6.13. The molecule has 0 spiro atoms. The first-order chi connectivity index (χ1) is 11.2. The number of Topliss-reactive ketones (excluding diaryl/α,β-unsaturated/α-hetero) is 1. The topological polar surface area (TPSA) is 17.1 Å². The molecule has 2 aromatic carbocycles. The molecule has 0 unspecified atom stereocenters. The standard InChI is InChI=1S/C20H17F3O/c1-19(2)12-14(18(24)16-8-3-4-9-17(16)19)10-13-6-5-7-15(11-13)20(21,22)23/h3-11H,12H2,1-2H3. The summed E-state index contributed by atoms with van der Waals surface area (Å²) >= 11 is 0. The van der Waals surface area contributed by atoms with Crippen molar-refractivity contribution < 1.29 is 18.0 Å². The van der Waals surface area contributed by atoms with Gasteiger partial charge < -0.3 is 0 Å². The van der Waals surface area contributed by atoms with Crippen LogP contribution in [0.1, 0.15) is 47.3 Å². The van der Waals surface area contributed by atoms with Gasteiger partial charge in [-0.1, -0.05) is 50.2 Å². The zero-order chi connectivity index (χ0) is 17.5. The molecule has 0 fully saturated rings. The highest BCUT2D eigenvalue weighted by atomic mass is 19.4. The fraction of sp³-hybridized carbons (Fsp3) is 0.250. The number of fused-ring (bicyclic) bond motifs is 1. The number of benzene rings is 2. The first-order valence-corrected chi connectivity index (χ1v) is 7.70. The van der Waals surface area contributed by atoms with Crippen LogP contribution in [-0.4, -0.2) is 5.78 Å². The van der Waals surface area contributed by atoms with Gasteiger partial charge in [0.2, 0.25) is 0 Å². The van der Waals surface area contributed by atoms with Gasteiger partial charge in [-0.3, -0.25) is 4.79 Å². The van der Waals surface area contributed by atoms with E-state index in [-0.39, 0.29) is 11.2 Å². The predicted octanol–water partition coefficient (Wildman–Crippen LogP) is 5.65. The largest absolute Gasteiger partial charge is 0.416 e. The number of rotatable bonds is 1. The van der Waals surface area contributed by atoms with E-state index >= 15 is 0 Å². The molecule has 0 amide bonds. The summed E-state index contributed by atoms with van der Waals surface area (Å²) < 4.78 is 38.6. The number of carbonyl (C=O) groups excluding carboxylic acids is 1. The Morgan fingerprint density at radius 1 is 1.04 bits per heavy atom. The van der Waals surface area contributed by atoms with E-state index in [9.17, 15) is 18.0 Å². The Hall–Kier alpha value is -2.36. The first kappa shape index (κ1) is 16.5. The summed E-state index contributed by atoms with van der Waals surface area (Å²) in [7, 11) is 0. The number of carbonyl (C=O) groups is 1. The third kappa shape index (κ3) is 3.01. The molecule has 24 heavy (non-hydrogen) atoms. The van der Waals surface area contributed by atoms with E-state index in [1.807, 2.05) is 26.0 Å². The molecule has 0 bridgehead atoms. The van der Waals surface area contributed by atoms with Gasteiger partial charge in [0.1, 0.15) is 0 Å². The second-order valence-electron chi connectivity index (χ2n) is 6.73. The van der Waals surface area contributed by atoms with E-state index in [4.69, 9.17) is 0 Å². The lowest BCUT2D eigenvalue weighted by molar-refractivity contribution is -0.137. The number of hydrogen-bond acceptors (Lipinski definition) is 1. The van der Waals surface area contributed by atoms with Crippen molar-refractivity contribution in [1.82, 2.24) is 0 Å². The van der Waals surface area contributed by atoms with Crippen molar-refractivity contribution in [3.8, 4) is 0 Å². The van der Waals surface area contributed by atoms with Crippen LogP contribution >= 0.6 is 0 Å². The molecule has 124 valence electrons. The van der Waals surface area contributed by atoms with Crippen LogP contribution in [0.25, 0.3) is 6.08 Å². The predicted molar refractivity (Wildman–Crippen MR) is 87.8 cm³/mol. The summed E-state index contributed by atoms with van der Waals surface area (Å²) in [5.74, 6) is -0.109. The molecular formula is C20H17F3O. The number of ketones is 1. The highest BCUT2D eigenvalue weighted by Crippen LogP contribution is 2.40.